The highest BCUT2D eigenvalue weighted by molar-refractivity contribution is 5.25. The summed E-state index contributed by atoms with van der Waals surface area (Å²) in [5, 5.41) is 0. The van der Waals surface area contributed by atoms with Crippen LogP contribution in [-0.4, -0.2) is 0 Å². The maximum absolute atomic E-state index is 2.57. The third-order valence-electron chi connectivity index (χ3n) is 6.30. The zero-order valence-electron chi connectivity index (χ0n) is 10.6. The summed E-state index contributed by atoms with van der Waals surface area (Å²) in [7, 11) is 0. The van der Waals surface area contributed by atoms with Gasteiger partial charge in [0.15, 0.2) is 0 Å². The average molecular weight is 204 g/mol. The molecule has 15 heavy (non-hydrogen) atoms. The van der Waals surface area contributed by atoms with E-state index < -0.39 is 0 Å². The van der Waals surface area contributed by atoms with Crippen LogP contribution in [0, 0.1) is 28.6 Å². The Morgan fingerprint density at radius 1 is 1.27 bits per heavy atom. The molecule has 2 saturated carbocycles. The Morgan fingerprint density at radius 3 is 2.73 bits per heavy atom. The van der Waals surface area contributed by atoms with Gasteiger partial charge in [0.25, 0.3) is 0 Å². The van der Waals surface area contributed by atoms with Gasteiger partial charge in [-0.05, 0) is 61.2 Å². The van der Waals surface area contributed by atoms with E-state index in [0.29, 0.717) is 10.8 Å². The monoisotopic (exact) mass is 204 g/mol. The van der Waals surface area contributed by atoms with Crippen molar-refractivity contribution in [2.24, 2.45) is 28.6 Å². The predicted molar refractivity (Wildman–Crippen MR) is 64.6 cm³/mol. The molecule has 0 aromatic rings. The summed E-state index contributed by atoms with van der Waals surface area (Å²) < 4.78 is 0. The van der Waals surface area contributed by atoms with Crippen molar-refractivity contribution in [3.63, 3.8) is 0 Å². The van der Waals surface area contributed by atoms with Gasteiger partial charge in [-0.1, -0.05) is 32.4 Å². The molecule has 0 unspecified atom stereocenters. The Hall–Kier alpha value is -0.260. The molecule has 4 atom stereocenters. The van der Waals surface area contributed by atoms with Crippen molar-refractivity contribution in [3.05, 3.63) is 11.6 Å². The van der Waals surface area contributed by atoms with Crippen molar-refractivity contribution < 1.29 is 0 Å². The van der Waals surface area contributed by atoms with Gasteiger partial charge in [-0.25, -0.2) is 0 Å². The lowest BCUT2D eigenvalue weighted by molar-refractivity contribution is 0.128. The smallest absolute Gasteiger partial charge is 0.0146 e. The van der Waals surface area contributed by atoms with Crippen molar-refractivity contribution in [1.82, 2.24) is 0 Å². The molecular weight excluding hydrogens is 180 g/mol. The van der Waals surface area contributed by atoms with E-state index in [2.05, 4.69) is 33.8 Å². The van der Waals surface area contributed by atoms with Gasteiger partial charge >= 0.3 is 0 Å². The zero-order chi connectivity index (χ0) is 10.8. The van der Waals surface area contributed by atoms with Crippen LogP contribution in [0.25, 0.3) is 0 Å². The van der Waals surface area contributed by atoms with Gasteiger partial charge in [0, 0.05) is 0 Å². The Balaban J connectivity index is 2.11. The lowest BCUT2D eigenvalue weighted by atomic mass is 9.68. The Morgan fingerprint density at radius 2 is 2.00 bits per heavy atom. The van der Waals surface area contributed by atoms with E-state index in [4.69, 9.17) is 0 Å². The van der Waals surface area contributed by atoms with Crippen LogP contribution in [0.4, 0.5) is 0 Å². The molecule has 0 N–H and O–H groups in total. The number of allylic oxidation sites excluding steroid dienone is 2. The molecule has 0 aromatic carbocycles. The lowest BCUT2D eigenvalue weighted by Crippen LogP contribution is -2.30. The summed E-state index contributed by atoms with van der Waals surface area (Å²) >= 11 is 0. The van der Waals surface area contributed by atoms with E-state index in [0.717, 1.165) is 17.8 Å². The second-order valence-electron chi connectivity index (χ2n) is 6.99. The highest BCUT2D eigenvalue weighted by atomic mass is 14.7. The lowest BCUT2D eigenvalue weighted by Gasteiger charge is -2.36. The second kappa shape index (κ2) is 2.70. The predicted octanol–water partition coefficient (Wildman–Crippen LogP) is 4.42. The summed E-state index contributed by atoms with van der Waals surface area (Å²) in [6.07, 6.45) is 8.41. The maximum atomic E-state index is 2.57. The third-order valence-corrected chi connectivity index (χ3v) is 6.30. The molecule has 2 bridgehead atoms. The van der Waals surface area contributed by atoms with Crippen LogP contribution >= 0.6 is 0 Å². The third kappa shape index (κ3) is 0.990. The summed E-state index contributed by atoms with van der Waals surface area (Å²) in [6, 6.07) is 0. The fourth-order valence-corrected chi connectivity index (χ4v) is 5.35. The van der Waals surface area contributed by atoms with Crippen LogP contribution < -0.4 is 0 Å². The molecule has 0 amide bonds. The molecule has 0 heteroatoms. The van der Waals surface area contributed by atoms with Gasteiger partial charge in [-0.15, -0.1) is 0 Å². The van der Waals surface area contributed by atoms with Gasteiger partial charge < -0.3 is 0 Å². The average Bonchev–Trinajstić information content (AvgIpc) is 2.57. The van der Waals surface area contributed by atoms with Crippen molar-refractivity contribution in [2.45, 2.75) is 53.4 Å². The molecule has 0 radical (unpaired) electrons. The first-order valence-electron chi connectivity index (χ1n) is 6.65. The summed E-state index contributed by atoms with van der Waals surface area (Å²) in [6.45, 7) is 9.94. The van der Waals surface area contributed by atoms with E-state index >= 15 is 0 Å². The van der Waals surface area contributed by atoms with E-state index in [9.17, 15) is 0 Å². The molecule has 1 spiro atoms. The van der Waals surface area contributed by atoms with E-state index in [1.54, 1.807) is 5.57 Å². The molecule has 0 aliphatic heterocycles. The Kier molecular flexibility index (Phi) is 1.79. The standard InChI is InChI=1S/C15H24/c1-10-7-8-15-9-12(10)14(3,4)13(15)6-5-11(15)2/h7,11-13H,5-6,8-9H2,1-4H3/t11-,12+,13-,15+/m0/s1. The first kappa shape index (κ1) is 9.93. The van der Waals surface area contributed by atoms with E-state index in [1.165, 1.54) is 25.7 Å². The van der Waals surface area contributed by atoms with E-state index in [1.807, 2.05) is 0 Å². The first-order chi connectivity index (χ1) is 6.98. The molecule has 84 valence electrons. The summed E-state index contributed by atoms with van der Waals surface area (Å²) in [5.41, 5.74) is 2.96. The van der Waals surface area contributed by atoms with Gasteiger partial charge in [0.1, 0.15) is 0 Å². The fourth-order valence-electron chi connectivity index (χ4n) is 5.35. The number of fused-ring (bicyclic) bond motifs is 1. The molecule has 3 rings (SSSR count). The number of hydrogen-bond donors (Lipinski definition) is 0. The summed E-state index contributed by atoms with van der Waals surface area (Å²) in [5.74, 6) is 2.86. The van der Waals surface area contributed by atoms with Crippen LogP contribution in [-0.2, 0) is 0 Å². The second-order valence-corrected chi connectivity index (χ2v) is 6.99. The molecule has 0 nitrogen and oxygen atoms in total. The van der Waals surface area contributed by atoms with Crippen molar-refractivity contribution >= 4 is 0 Å². The van der Waals surface area contributed by atoms with Gasteiger partial charge in [0.05, 0.1) is 0 Å². The molecule has 0 heterocycles. The quantitative estimate of drug-likeness (QED) is 0.513. The molecule has 2 fully saturated rings. The zero-order valence-corrected chi connectivity index (χ0v) is 10.6. The molecule has 0 saturated heterocycles. The van der Waals surface area contributed by atoms with Crippen molar-refractivity contribution in [1.29, 1.82) is 0 Å². The minimum atomic E-state index is 0.571. The van der Waals surface area contributed by atoms with Crippen LogP contribution in [0.2, 0.25) is 0 Å². The van der Waals surface area contributed by atoms with E-state index in [-0.39, 0.29) is 0 Å². The van der Waals surface area contributed by atoms with Crippen LogP contribution in [0.3, 0.4) is 0 Å². The normalized spacial score (nSPS) is 51.5. The Labute approximate surface area is 94.1 Å². The van der Waals surface area contributed by atoms with Crippen molar-refractivity contribution in [2.75, 3.05) is 0 Å². The molecule has 3 aliphatic carbocycles. The largest absolute Gasteiger partial charge is 0.0847 e. The highest BCUT2D eigenvalue weighted by Crippen LogP contribution is 2.71. The minimum absolute atomic E-state index is 0.571. The number of rotatable bonds is 0. The van der Waals surface area contributed by atoms with Crippen LogP contribution in [0.15, 0.2) is 11.6 Å². The van der Waals surface area contributed by atoms with Gasteiger partial charge in [-0.3, -0.25) is 0 Å². The topological polar surface area (TPSA) is 0 Å². The number of hydrogen-bond acceptors (Lipinski definition) is 0. The van der Waals surface area contributed by atoms with Gasteiger partial charge in [-0.2, -0.15) is 0 Å². The summed E-state index contributed by atoms with van der Waals surface area (Å²) in [4.78, 5) is 0. The maximum Gasteiger partial charge on any atom is -0.0146 e. The Bertz CT molecular complexity index is 323. The molecular formula is C15H24. The van der Waals surface area contributed by atoms with Gasteiger partial charge in [0.2, 0.25) is 0 Å². The highest BCUT2D eigenvalue weighted by Gasteiger charge is 2.62. The molecule has 3 aliphatic rings. The van der Waals surface area contributed by atoms with Crippen molar-refractivity contribution in [3.8, 4) is 0 Å². The molecule has 0 aromatic heterocycles. The first-order valence-corrected chi connectivity index (χ1v) is 6.65. The SMILES string of the molecule is CC1=CC[C@]23C[C@H]1C(C)(C)[C@@H]2CC[C@@H]3C. The van der Waals surface area contributed by atoms with Crippen LogP contribution in [0.5, 0.6) is 0 Å². The van der Waals surface area contributed by atoms with Crippen LogP contribution in [0.1, 0.15) is 53.4 Å². The fraction of sp³-hybridized carbons (Fsp3) is 0.867. The minimum Gasteiger partial charge on any atom is -0.0847 e.